The van der Waals surface area contributed by atoms with Crippen molar-refractivity contribution in [2.24, 2.45) is 5.92 Å². The molecule has 0 radical (unpaired) electrons. The minimum atomic E-state index is 0.139. The smallest absolute Gasteiger partial charge is 0.273 e. The number of carbonyl (C=O) groups excluding carboxylic acids is 1. The van der Waals surface area contributed by atoms with Crippen molar-refractivity contribution in [2.75, 3.05) is 12.8 Å². The predicted molar refractivity (Wildman–Crippen MR) is 104 cm³/mol. The van der Waals surface area contributed by atoms with E-state index >= 15 is 0 Å². The normalized spacial score (nSPS) is 26.3. The second-order valence-corrected chi connectivity index (χ2v) is 8.93. The van der Waals surface area contributed by atoms with Crippen LogP contribution in [0, 0.1) is 5.92 Å². The summed E-state index contributed by atoms with van der Waals surface area (Å²) in [6.07, 6.45) is 7.98. The van der Waals surface area contributed by atoms with Crippen molar-refractivity contribution < 1.29 is 4.79 Å². The lowest BCUT2D eigenvalue weighted by Crippen LogP contribution is -2.52. The number of benzene rings is 1. The Morgan fingerprint density at radius 3 is 2.76 bits per heavy atom. The first kappa shape index (κ1) is 17.1. The van der Waals surface area contributed by atoms with Crippen molar-refractivity contribution in [3.8, 4) is 0 Å². The van der Waals surface area contributed by atoms with Crippen LogP contribution in [0.2, 0.25) is 0 Å². The molecule has 132 valence electrons. The minimum Gasteiger partial charge on any atom is -0.334 e. The van der Waals surface area contributed by atoms with E-state index in [2.05, 4.69) is 40.2 Å². The van der Waals surface area contributed by atoms with Crippen LogP contribution in [-0.2, 0) is 0 Å². The summed E-state index contributed by atoms with van der Waals surface area (Å²) in [7, 11) is 0. The number of rotatable bonds is 3. The Morgan fingerprint density at radius 2 is 2.00 bits per heavy atom. The predicted octanol–water partition coefficient (Wildman–Crippen LogP) is 5.05. The van der Waals surface area contributed by atoms with Crippen LogP contribution in [0.3, 0.4) is 0 Å². The average Bonchev–Trinajstić information content (AvgIpc) is 3.16. The first-order chi connectivity index (χ1) is 12.3. The number of hydrogen-bond acceptors (Lipinski definition) is 4. The van der Waals surface area contributed by atoms with Crippen molar-refractivity contribution in [3.63, 3.8) is 0 Å². The van der Waals surface area contributed by atoms with Gasteiger partial charge in [0, 0.05) is 18.0 Å². The lowest BCUT2D eigenvalue weighted by atomic mass is 9.69. The van der Waals surface area contributed by atoms with Crippen LogP contribution >= 0.6 is 23.1 Å². The van der Waals surface area contributed by atoms with Gasteiger partial charge in [0.25, 0.3) is 5.91 Å². The van der Waals surface area contributed by atoms with Crippen LogP contribution in [0.25, 0.3) is 0 Å². The van der Waals surface area contributed by atoms with Gasteiger partial charge in [0.15, 0.2) is 0 Å². The molecule has 1 aliphatic heterocycles. The number of carbonyl (C=O) groups is 1. The Balaban J connectivity index is 1.58. The van der Waals surface area contributed by atoms with E-state index in [1.165, 1.54) is 24.8 Å². The molecule has 3 atom stereocenters. The number of hydrogen-bond donors (Lipinski definition) is 0. The van der Waals surface area contributed by atoms with E-state index in [4.69, 9.17) is 0 Å². The first-order valence-electron chi connectivity index (χ1n) is 9.13. The second kappa shape index (κ2) is 7.50. The van der Waals surface area contributed by atoms with Gasteiger partial charge in [-0.1, -0.05) is 54.9 Å². The number of amides is 1. The molecule has 5 heteroatoms. The number of thioether (sulfide) groups is 1. The number of thiazole rings is 1. The molecule has 2 aliphatic rings. The molecule has 1 aromatic heterocycles. The molecule has 1 saturated carbocycles. The molecule has 2 aromatic rings. The Kier molecular flexibility index (Phi) is 5.13. The van der Waals surface area contributed by atoms with Gasteiger partial charge in [0.05, 0.1) is 0 Å². The van der Waals surface area contributed by atoms with Gasteiger partial charge in [0.2, 0.25) is 0 Å². The average molecular weight is 373 g/mol. The summed E-state index contributed by atoms with van der Waals surface area (Å²) in [5.74, 6) is 1.32. The number of nitrogens with zero attached hydrogens (tertiary/aromatic N) is 2. The molecule has 25 heavy (non-hydrogen) atoms. The molecule has 4 rings (SSSR count). The highest BCUT2D eigenvalue weighted by atomic mass is 32.2. The zero-order valence-corrected chi connectivity index (χ0v) is 16.2. The standard InChI is InChI=1S/C20H24N2OS2/c1-24-20-21-17(13-25-20)19(23)22-12-11-15(14-7-3-2-4-8-14)16-9-5-6-10-18(16)22/h2-4,7-8,13,15-16,18H,5-6,9-12H2,1H3/t15-,16-,18+/m0/s1. The van der Waals surface area contributed by atoms with Crippen LogP contribution < -0.4 is 0 Å². The number of aromatic nitrogens is 1. The van der Waals surface area contributed by atoms with Gasteiger partial charge >= 0.3 is 0 Å². The zero-order valence-electron chi connectivity index (χ0n) is 14.6. The van der Waals surface area contributed by atoms with Gasteiger partial charge in [-0.15, -0.1) is 11.3 Å². The second-order valence-electron chi connectivity index (χ2n) is 7.02. The highest BCUT2D eigenvalue weighted by molar-refractivity contribution is 8.00. The molecule has 2 fully saturated rings. The van der Waals surface area contributed by atoms with Gasteiger partial charge < -0.3 is 4.90 Å². The van der Waals surface area contributed by atoms with Crippen molar-refractivity contribution >= 4 is 29.0 Å². The fourth-order valence-corrected chi connectivity index (χ4v) is 5.85. The van der Waals surface area contributed by atoms with Gasteiger partial charge in [-0.25, -0.2) is 4.98 Å². The molecule has 0 spiro atoms. The van der Waals surface area contributed by atoms with E-state index in [0.717, 1.165) is 23.7 Å². The molecule has 0 N–H and O–H groups in total. The van der Waals surface area contributed by atoms with Gasteiger partial charge in [-0.3, -0.25) is 4.79 Å². The van der Waals surface area contributed by atoms with Crippen molar-refractivity contribution in [3.05, 3.63) is 47.0 Å². The van der Waals surface area contributed by atoms with Crippen LogP contribution in [-0.4, -0.2) is 34.6 Å². The fraction of sp³-hybridized carbons (Fsp3) is 0.500. The maximum Gasteiger partial charge on any atom is 0.273 e. The van der Waals surface area contributed by atoms with E-state index in [-0.39, 0.29) is 5.91 Å². The SMILES string of the molecule is CSc1nc(C(=O)N2CC[C@@H](c3ccccc3)[C@@H]3CCCC[C@H]32)cs1. The molecule has 0 unspecified atom stereocenters. The van der Waals surface area contributed by atoms with Crippen LogP contribution in [0.4, 0.5) is 0 Å². The van der Waals surface area contributed by atoms with Gasteiger partial charge in [0.1, 0.15) is 10.0 Å². The third-order valence-corrected chi connectivity index (χ3v) is 7.61. The molecular weight excluding hydrogens is 348 g/mol. The van der Waals surface area contributed by atoms with E-state index in [0.29, 0.717) is 23.6 Å². The van der Waals surface area contributed by atoms with Crippen molar-refractivity contribution in [1.29, 1.82) is 0 Å². The van der Waals surface area contributed by atoms with E-state index in [1.807, 2.05) is 11.6 Å². The van der Waals surface area contributed by atoms with E-state index in [9.17, 15) is 4.79 Å². The third kappa shape index (κ3) is 3.36. The highest BCUT2D eigenvalue weighted by Crippen LogP contribution is 2.44. The molecule has 0 bridgehead atoms. The summed E-state index contributed by atoms with van der Waals surface area (Å²) in [6, 6.07) is 11.3. The monoisotopic (exact) mass is 372 g/mol. The summed E-state index contributed by atoms with van der Waals surface area (Å²) in [5, 5.41) is 1.93. The Morgan fingerprint density at radius 1 is 1.20 bits per heavy atom. The van der Waals surface area contributed by atoms with Crippen molar-refractivity contribution in [1.82, 2.24) is 9.88 Å². The molecule has 1 amide bonds. The lowest BCUT2D eigenvalue weighted by molar-refractivity contribution is 0.0314. The fourth-order valence-electron chi connectivity index (χ4n) is 4.62. The largest absolute Gasteiger partial charge is 0.334 e. The summed E-state index contributed by atoms with van der Waals surface area (Å²) in [5.41, 5.74) is 2.08. The minimum absolute atomic E-state index is 0.139. The van der Waals surface area contributed by atoms with E-state index < -0.39 is 0 Å². The van der Waals surface area contributed by atoms with Crippen LogP contribution in [0.1, 0.15) is 54.1 Å². The summed E-state index contributed by atoms with van der Waals surface area (Å²) >= 11 is 3.18. The summed E-state index contributed by atoms with van der Waals surface area (Å²) in [4.78, 5) is 19.7. The highest BCUT2D eigenvalue weighted by Gasteiger charge is 2.42. The van der Waals surface area contributed by atoms with Gasteiger partial charge in [-0.05, 0) is 42.9 Å². The van der Waals surface area contributed by atoms with E-state index in [1.54, 1.807) is 23.1 Å². The Hall–Kier alpha value is -1.33. The number of piperidine rings is 1. The van der Waals surface area contributed by atoms with Crippen LogP contribution in [0.5, 0.6) is 0 Å². The maximum atomic E-state index is 13.1. The van der Waals surface area contributed by atoms with Crippen molar-refractivity contribution in [2.45, 2.75) is 48.4 Å². The zero-order chi connectivity index (χ0) is 17.2. The summed E-state index contributed by atoms with van der Waals surface area (Å²) in [6.45, 7) is 0.853. The molecule has 1 saturated heterocycles. The summed E-state index contributed by atoms with van der Waals surface area (Å²) < 4.78 is 0.975. The molecule has 3 nitrogen and oxygen atoms in total. The molecular formula is C20H24N2OS2. The van der Waals surface area contributed by atoms with Crippen LogP contribution in [0.15, 0.2) is 40.1 Å². The number of likely N-dealkylation sites (tertiary alicyclic amines) is 1. The Bertz CT molecular complexity index is 730. The first-order valence-corrected chi connectivity index (χ1v) is 11.2. The third-order valence-electron chi connectivity index (χ3n) is 5.75. The molecule has 1 aromatic carbocycles. The number of fused-ring (bicyclic) bond motifs is 1. The molecule has 2 heterocycles. The topological polar surface area (TPSA) is 33.2 Å². The quantitative estimate of drug-likeness (QED) is 0.707. The maximum absolute atomic E-state index is 13.1. The lowest BCUT2D eigenvalue weighted by Gasteiger charge is -2.48. The van der Waals surface area contributed by atoms with Gasteiger partial charge in [-0.2, -0.15) is 0 Å². The molecule has 1 aliphatic carbocycles. The Labute approximate surface area is 157 Å².